The summed E-state index contributed by atoms with van der Waals surface area (Å²) in [6.07, 6.45) is 0. The lowest BCUT2D eigenvalue weighted by Gasteiger charge is -2.08. The molecule has 0 aliphatic rings. The fraction of sp³-hybridized carbons (Fsp3) is 0.333. The van der Waals surface area contributed by atoms with Gasteiger partial charge in [-0.3, -0.25) is 10.1 Å². The van der Waals surface area contributed by atoms with Crippen molar-refractivity contribution in [3.05, 3.63) is 29.8 Å². The highest BCUT2D eigenvalue weighted by atomic mass is 16.2. The Hall–Kier alpha value is -1.84. The van der Waals surface area contributed by atoms with Gasteiger partial charge in [0.2, 0.25) is 5.91 Å². The van der Waals surface area contributed by atoms with Crippen LogP contribution >= 0.6 is 0 Å². The van der Waals surface area contributed by atoms with Crippen molar-refractivity contribution < 1.29 is 9.59 Å². The number of carbonyl (C=O) groups is 2. The minimum atomic E-state index is -0.509. The molecule has 0 bridgehead atoms. The van der Waals surface area contributed by atoms with Gasteiger partial charge in [0, 0.05) is 12.6 Å². The van der Waals surface area contributed by atoms with Crippen LogP contribution in [0.25, 0.3) is 0 Å². The van der Waals surface area contributed by atoms with Crippen molar-refractivity contribution in [1.82, 2.24) is 5.32 Å². The van der Waals surface area contributed by atoms with Crippen LogP contribution in [0.4, 0.5) is 10.5 Å². The van der Waals surface area contributed by atoms with Crippen molar-refractivity contribution >= 4 is 17.6 Å². The highest BCUT2D eigenvalue weighted by Crippen LogP contribution is 2.16. The van der Waals surface area contributed by atoms with Gasteiger partial charge in [-0.15, -0.1) is 0 Å². The Kier molecular flexibility index (Phi) is 4.05. The predicted molar refractivity (Wildman–Crippen MR) is 63.4 cm³/mol. The summed E-state index contributed by atoms with van der Waals surface area (Å²) in [5.41, 5.74) is 1.88. The highest BCUT2D eigenvalue weighted by Gasteiger charge is 2.04. The van der Waals surface area contributed by atoms with Gasteiger partial charge in [0.25, 0.3) is 0 Å². The molecule has 16 heavy (non-hydrogen) atoms. The van der Waals surface area contributed by atoms with Crippen molar-refractivity contribution in [1.29, 1.82) is 0 Å². The van der Waals surface area contributed by atoms with Gasteiger partial charge >= 0.3 is 6.03 Å². The number of amides is 3. The number of benzene rings is 1. The fourth-order valence-electron chi connectivity index (χ4n) is 1.27. The molecule has 86 valence electrons. The number of urea groups is 1. The predicted octanol–water partition coefficient (Wildman–Crippen LogP) is 2.48. The van der Waals surface area contributed by atoms with Gasteiger partial charge < -0.3 is 5.32 Å². The van der Waals surface area contributed by atoms with Crippen LogP contribution in [0.15, 0.2) is 24.3 Å². The van der Waals surface area contributed by atoms with E-state index >= 15 is 0 Å². The Labute approximate surface area is 95.0 Å². The second-order valence-electron chi connectivity index (χ2n) is 3.91. The molecule has 0 fully saturated rings. The quantitative estimate of drug-likeness (QED) is 0.804. The molecule has 0 aliphatic heterocycles. The maximum absolute atomic E-state index is 11.2. The molecule has 0 aliphatic carbocycles. The number of rotatable bonds is 2. The maximum atomic E-state index is 11.2. The summed E-state index contributed by atoms with van der Waals surface area (Å²) in [6.45, 7) is 5.50. The lowest BCUT2D eigenvalue weighted by molar-refractivity contribution is -0.117. The maximum Gasteiger partial charge on any atom is 0.325 e. The van der Waals surface area contributed by atoms with Crippen LogP contribution in [-0.2, 0) is 4.79 Å². The van der Waals surface area contributed by atoms with E-state index in [1.54, 1.807) is 0 Å². The first kappa shape index (κ1) is 12.2. The van der Waals surface area contributed by atoms with Gasteiger partial charge in [0.1, 0.15) is 0 Å². The van der Waals surface area contributed by atoms with Crippen LogP contribution in [0.1, 0.15) is 32.3 Å². The van der Waals surface area contributed by atoms with Crippen molar-refractivity contribution in [3.63, 3.8) is 0 Å². The van der Waals surface area contributed by atoms with E-state index in [0.29, 0.717) is 11.6 Å². The summed E-state index contributed by atoms with van der Waals surface area (Å²) in [7, 11) is 0. The molecule has 0 saturated heterocycles. The Bertz CT molecular complexity index is 383. The Morgan fingerprint density at radius 2 is 1.69 bits per heavy atom. The van der Waals surface area contributed by atoms with Gasteiger partial charge in [0.05, 0.1) is 0 Å². The highest BCUT2D eigenvalue weighted by molar-refractivity contribution is 6.00. The number of anilines is 1. The molecule has 4 nitrogen and oxygen atoms in total. The average molecular weight is 220 g/mol. The van der Waals surface area contributed by atoms with E-state index in [0.717, 1.165) is 0 Å². The van der Waals surface area contributed by atoms with Gasteiger partial charge in [-0.05, 0) is 23.6 Å². The van der Waals surface area contributed by atoms with Gasteiger partial charge in [-0.25, -0.2) is 4.79 Å². The molecule has 1 aromatic rings. The van der Waals surface area contributed by atoms with Crippen molar-refractivity contribution in [3.8, 4) is 0 Å². The first-order chi connectivity index (χ1) is 7.49. The normalized spacial score (nSPS) is 10.0. The zero-order valence-electron chi connectivity index (χ0n) is 9.70. The molecule has 2 N–H and O–H groups in total. The Balaban J connectivity index is 2.62. The second-order valence-corrected chi connectivity index (χ2v) is 3.91. The van der Waals surface area contributed by atoms with Crippen molar-refractivity contribution in [2.75, 3.05) is 5.32 Å². The molecule has 0 spiro atoms. The van der Waals surface area contributed by atoms with E-state index in [9.17, 15) is 9.59 Å². The largest absolute Gasteiger partial charge is 0.325 e. The van der Waals surface area contributed by atoms with Crippen molar-refractivity contribution in [2.24, 2.45) is 0 Å². The average Bonchev–Trinajstić information content (AvgIpc) is 2.16. The number of hydrogen-bond acceptors (Lipinski definition) is 2. The third-order valence-corrected chi connectivity index (χ3v) is 2.12. The Morgan fingerprint density at radius 1 is 1.12 bits per heavy atom. The summed E-state index contributed by atoms with van der Waals surface area (Å²) in [6, 6.07) is 7.02. The van der Waals surface area contributed by atoms with Gasteiger partial charge in [-0.1, -0.05) is 26.0 Å². The van der Waals surface area contributed by atoms with E-state index in [4.69, 9.17) is 0 Å². The first-order valence-electron chi connectivity index (χ1n) is 5.17. The molecular formula is C12H16N2O2. The van der Waals surface area contributed by atoms with Crippen LogP contribution in [0.5, 0.6) is 0 Å². The molecule has 1 rings (SSSR count). The molecule has 0 unspecified atom stereocenters. The van der Waals surface area contributed by atoms with Crippen LogP contribution in [0, 0.1) is 0 Å². The van der Waals surface area contributed by atoms with Crippen LogP contribution in [0.2, 0.25) is 0 Å². The molecule has 0 saturated carbocycles. The summed E-state index contributed by atoms with van der Waals surface area (Å²) in [4.78, 5) is 21.8. The number of nitrogens with one attached hydrogen (secondary N) is 2. The minimum Gasteiger partial charge on any atom is -0.308 e. The zero-order chi connectivity index (χ0) is 12.1. The number of hydrogen-bond donors (Lipinski definition) is 2. The lowest BCUT2D eigenvalue weighted by Crippen LogP contribution is -2.32. The van der Waals surface area contributed by atoms with Crippen LogP contribution < -0.4 is 10.6 Å². The minimum absolute atomic E-state index is 0.378. The summed E-state index contributed by atoms with van der Waals surface area (Å²) in [5.74, 6) is 0.0800. The molecular weight excluding hydrogens is 204 g/mol. The van der Waals surface area contributed by atoms with Gasteiger partial charge in [-0.2, -0.15) is 0 Å². The van der Waals surface area contributed by atoms with Crippen LogP contribution in [0.3, 0.4) is 0 Å². The summed E-state index contributed by atoms with van der Waals surface area (Å²) < 4.78 is 0. The molecule has 0 aromatic heterocycles. The lowest BCUT2D eigenvalue weighted by atomic mass is 10.0. The number of carbonyl (C=O) groups excluding carboxylic acids is 2. The second kappa shape index (κ2) is 5.30. The molecule has 0 radical (unpaired) electrons. The molecule has 0 heterocycles. The number of imide groups is 1. The third-order valence-electron chi connectivity index (χ3n) is 2.12. The molecule has 0 atom stereocenters. The summed E-state index contributed by atoms with van der Waals surface area (Å²) in [5, 5.41) is 4.71. The topological polar surface area (TPSA) is 58.2 Å². The van der Waals surface area contributed by atoms with E-state index < -0.39 is 6.03 Å². The van der Waals surface area contributed by atoms with Crippen LogP contribution in [-0.4, -0.2) is 11.9 Å². The van der Waals surface area contributed by atoms with E-state index in [1.165, 1.54) is 12.5 Å². The zero-order valence-corrected chi connectivity index (χ0v) is 9.70. The first-order valence-corrected chi connectivity index (χ1v) is 5.17. The smallest absolute Gasteiger partial charge is 0.308 e. The standard InChI is InChI=1S/C12H16N2O2/c1-8(2)10-4-6-11(7-5-10)14-12(16)13-9(3)15/h4-8H,1-3H3,(H2,13,14,15,16). The van der Waals surface area contributed by atoms with Gasteiger partial charge in [0.15, 0.2) is 0 Å². The summed E-state index contributed by atoms with van der Waals surface area (Å²) >= 11 is 0. The van der Waals surface area contributed by atoms with E-state index in [1.807, 2.05) is 24.3 Å². The third kappa shape index (κ3) is 3.73. The molecule has 1 aromatic carbocycles. The fourth-order valence-corrected chi connectivity index (χ4v) is 1.27. The molecule has 3 amide bonds. The van der Waals surface area contributed by atoms with E-state index in [-0.39, 0.29) is 5.91 Å². The Morgan fingerprint density at radius 3 is 2.12 bits per heavy atom. The molecule has 4 heteroatoms. The van der Waals surface area contributed by atoms with E-state index in [2.05, 4.69) is 24.5 Å². The monoisotopic (exact) mass is 220 g/mol. The van der Waals surface area contributed by atoms with Crippen molar-refractivity contribution in [2.45, 2.75) is 26.7 Å². The SMILES string of the molecule is CC(=O)NC(=O)Nc1ccc(C(C)C)cc1.